The number of benzene rings is 2. The SMILES string of the molecule is CC(C)C(=O)Nc1ccc(NC(=O)/C=C/c2ccc(-c3cc(Cl)cc(Cl)c3)o2)cc1. The molecule has 2 aromatic carbocycles. The maximum absolute atomic E-state index is 12.2. The van der Waals surface area contributed by atoms with Crippen LogP contribution in [0.4, 0.5) is 11.4 Å². The van der Waals surface area contributed by atoms with Gasteiger partial charge in [0.1, 0.15) is 11.5 Å². The molecular weight excluding hydrogens is 423 g/mol. The molecule has 2 amide bonds. The third kappa shape index (κ3) is 5.99. The second-order valence-corrected chi connectivity index (χ2v) is 7.78. The van der Waals surface area contributed by atoms with Gasteiger partial charge in [-0.15, -0.1) is 0 Å². The molecule has 0 spiro atoms. The number of anilines is 2. The Morgan fingerprint density at radius 2 is 1.50 bits per heavy atom. The second-order valence-electron chi connectivity index (χ2n) is 6.90. The lowest BCUT2D eigenvalue weighted by Gasteiger charge is -2.08. The Balaban J connectivity index is 1.60. The molecule has 0 bridgehead atoms. The van der Waals surface area contributed by atoms with E-state index in [9.17, 15) is 9.59 Å². The van der Waals surface area contributed by atoms with Crippen LogP contribution in [0.1, 0.15) is 19.6 Å². The Bertz CT molecular complexity index is 1070. The van der Waals surface area contributed by atoms with Crippen LogP contribution in [0.5, 0.6) is 0 Å². The maximum atomic E-state index is 12.2. The highest BCUT2D eigenvalue weighted by Gasteiger charge is 2.08. The lowest BCUT2D eigenvalue weighted by Crippen LogP contribution is -2.17. The highest BCUT2D eigenvalue weighted by molar-refractivity contribution is 6.35. The topological polar surface area (TPSA) is 71.3 Å². The van der Waals surface area contributed by atoms with Crippen molar-refractivity contribution in [1.82, 2.24) is 0 Å². The van der Waals surface area contributed by atoms with E-state index in [0.717, 1.165) is 5.56 Å². The average Bonchev–Trinajstić information content (AvgIpc) is 3.16. The third-order valence-electron chi connectivity index (χ3n) is 4.12. The summed E-state index contributed by atoms with van der Waals surface area (Å²) in [5.74, 6) is 0.638. The van der Waals surface area contributed by atoms with E-state index in [1.807, 2.05) is 13.8 Å². The Morgan fingerprint density at radius 1 is 0.900 bits per heavy atom. The minimum atomic E-state index is -0.308. The number of hydrogen-bond donors (Lipinski definition) is 2. The molecule has 3 aromatic rings. The standard InChI is InChI=1S/C23H20Cl2N2O3/c1-14(2)23(29)27-19-5-3-18(4-6-19)26-22(28)10-8-20-7-9-21(30-20)15-11-16(24)13-17(25)12-15/h3-14H,1-2H3,(H,26,28)(H,27,29)/b10-8+. The van der Waals surface area contributed by atoms with E-state index in [-0.39, 0.29) is 17.7 Å². The molecule has 0 saturated heterocycles. The molecule has 5 nitrogen and oxygen atoms in total. The zero-order valence-corrected chi connectivity index (χ0v) is 17.9. The number of rotatable bonds is 6. The van der Waals surface area contributed by atoms with E-state index in [2.05, 4.69) is 10.6 Å². The van der Waals surface area contributed by atoms with Crippen molar-refractivity contribution in [3.63, 3.8) is 0 Å². The summed E-state index contributed by atoms with van der Waals surface area (Å²) in [6.45, 7) is 3.64. The van der Waals surface area contributed by atoms with Gasteiger partial charge in [-0.1, -0.05) is 37.0 Å². The first kappa shape index (κ1) is 21.7. The van der Waals surface area contributed by atoms with Crippen molar-refractivity contribution in [2.45, 2.75) is 13.8 Å². The maximum Gasteiger partial charge on any atom is 0.248 e. The first-order valence-electron chi connectivity index (χ1n) is 9.26. The van der Waals surface area contributed by atoms with Crippen LogP contribution in [0.25, 0.3) is 17.4 Å². The Morgan fingerprint density at radius 3 is 2.10 bits per heavy atom. The normalized spacial score (nSPS) is 11.1. The van der Waals surface area contributed by atoms with Gasteiger partial charge in [-0.2, -0.15) is 0 Å². The smallest absolute Gasteiger partial charge is 0.248 e. The van der Waals surface area contributed by atoms with Gasteiger partial charge in [0.25, 0.3) is 0 Å². The van der Waals surface area contributed by atoms with Gasteiger partial charge in [0, 0.05) is 39.0 Å². The number of nitrogens with one attached hydrogen (secondary N) is 2. The van der Waals surface area contributed by atoms with Crippen molar-refractivity contribution >= 4 is 52.5 Å². The highest BCUT2D eigenvalue weighted by Crippen LogP contribution is 2.29. The van der Waals surface area contributed by atoms with Gasteiger partial charge in [-0.3, -0.25) is 9.59 Å². The van der Waals surface area contributed by atoms with Crippen molar-refractivity contribution < 1.29 is 14.0 Å². The van der Waals surface area contributed by atoms with Gasteiger partial charge in [0.05, 0.1) is 0 Å². The monoisotopic (exact) mass is 442 g/mol. The van der Waals surface area contributed by atoms with Crippen LogP contribution < -0.4 is 10.6 Å². The molecule has 154 valence electrons. The molecule has 7 heteroatoms. The van der Waals surface area contributed by atoms with E-state index in [4.69, 9.17) is 27.6 Å². The summed E-state index contributed by atoms with van der Waals surface area (Å²) in [5.41, 5.74) is 2.04. The summed E-state index contributed by atoms with van der Waals surface area (Å²) in [5, 5.41) is 6.58. The number of hydrogen-bond acceptors (Lipinski definition) is 3. The van der Waals surface area contributed by atoms with Crippen LogP contribution >= 0.6 is 23.2 Å². The highest BCUT2D eigenvalue weighted by atomic mass is 35.5. The Labute approximate surface area is 184 Å². The Kier molecular flexibility index (Phi) is 6.98. The fourth-order valence-corrected chi connectivity index (χ4v) is 3.08. The molecule has 0 radical (unpaired) electrons. The number of carbonyl (C=O) groups is 2. The van der Waals surface area contributed by atoms with Crippen molar-refractivity contribution in [2.24, 2.45) is 5.92 Å². The first-order chi connectivity index (χ1) is 14.3. The molecule has 1 aromatic heterocycles. The summed E-state index contributed by atoms with van der Waals surface area (Å²) in [7, 11) is 0. The molecule has 30 heavy (non-hydrogen) atoms. The van der Waals surface area contributed by atoms with Crippen LogP contribution in [0.15, 0.2) is 65.1 Å². The van der Waals surface area contributed by atoms with E-state index in [1.165, 1.54) is 6.08 Å². The van der Waals surface area contributed by atoms with Gasteiger partial charge >= 0.3 is 0 Å². The van der Waals surface area contributed by atoms with Gasteiger partial charge in [0.15, 0.2) is 0 Å². The van der Waals surface area contributed by atoms with Gasteiger partial charge in [-0.05, 0) is 60.7 Å². The summed E-state index contributed by atoms with van der Waals surface area (Å²) < 4.78 is 5.73. The number of amides is 2. The quantitative estimate of drug-likeness (QED) is 0.427. The fourth-order valence-electron chi connectivity index (χ4n) is 2.56. The molecule has 3 rings (SSSR count). The van der Waals surface area contributed by atoms with Gasteiger partial charge in [-0.25, -0.2) is 0 Å². The van der Waals surface area contributed by atoms with Crippen molar-refractivity contribution in [3.05, 3.63) is 76.5 Å². The lowest BCUT2D eigenvalue weighted by molar-refractivity contribution is -0.119. The van der Waals surface area contributed by atoms with Crippen LogP contribution in [-0.2, 0) is 9.59 Å². The number of halogens is 2. The number of furan rings is 1. The largest absolute Gasteiger partial charge is 0.457 e. The summed E-state index contributed by atoms with van der Waals surface area (Å²) >= 11 is 12.0. The predicted octanol–water partition coefficient (Wildman–Crippen LogP) is 6.50. The van der Waals surface area contributed by atoms with Crippen molar-refractivity contribution in [1.29, 1.82) is 0 Å². The zero-order chi connectivity index (χ0) is 21.7. The van der Waals surface area contributed by atoms with E-state index in [1.54, 1.807) is 60.7 Å². The summed E-state index contributed by atoms with van der Waals surface area (Å²) in [6, 6.07) is 15.6. The van der Waals surface area contributed by atoms with E-state index >= 15 is 0 Å². The van der Waals surface area contributed by atoms with E-state index in [0.29, 0.717) is 32.9 Å². The van der Waals surface area contributed by atoms with Crippen LogP contribution in [-0.4, -0.2) is 11.8 Å². The molecule has 0 aliphatic heterocycles. The third-order valence-corrected chi connectivity index (χ3v) is 4.55. The van der Waals surface area contributed by atoms with Gasteiger partial charge in [0.2, 0.25) is 11.8 Å². The van der Waals surface area contributed by atoms with Crippen LogP contribution in [0.3, 0.4) is 0 Å². The number of carbonyl (C=O) groups excluding carboxylic acids is 2. The molecule has 2 N–H and O–H groups in total. The van der Waals surface area contributed by atoms with E-state index < -0.39 is 0 Å². The van der Waals surface area contributed by atoms with Crippen molar-refractivity contribution in [3.8, 4) is 11.3 Å². The van der Waals surface area contributed by atoms with Crippen molar-refractivity contribution in [2.75, 3.05) is 10.6 Å². The molecular formula is C23H20Cl2N2O3. The minimum absolute atomic E-state index is 0.0624. The summed E-state index contributed by atoms with van der Waals surface area (Å²) in [6.07, 6.45) is 2.95. The summed E-state index contributed by atoms with van der Waals surface area (Å²) in [4.78, 5) is 23.9. The minimum Gasteiger partial charge on any atom is -0.457 e. The molecule has 0 aliphatic carbocycles. The molecule has 0 fully saturated rings. The van der Waals surface area contributed by atoms with Crippen LogP contribution in [0.2, 0.25) is 10.0 Å². The lowest BCUT2D eigenvalue weighted by atomic mass is 10.2. The molecule has 0 atom stereocenters. The average molecular weight is 443 g/mol. The zero-order valence-electron chi connectivity index (χ0n) is 16.4. The van der Waals surface area contributed by atoms with Crippen LogP contribution in [0, 0.1) is 5.92 Å². The predicted molar refractivity (Wildman–Crippen MR) is 122 cm³/mol. The molecule has 1 heterocycles. The second kappa shape index (κ2) is 9.65. The molecule has 0 aliphatic rings. The molecule has 0 saturated carbocycles. The Hall–Kier alpha value is -3.02. The van der Waals surface area contributed by atoms with Gasteiger partial charge < -0.3 is 15.1 Å². The first-order valence-corrected chi connectivity index (χ1v) is 10.0. The fraction of sp³-hybridized carbons (Fsp3) is 0.130. The molecule has 0 unspecified atom stereocenters.